The first kappa shape index (κ1) is 25.0. The molecule has 0 aliphatic rings. The van der Waals surface area contributed by atoms with E-state index in [-0.39, 0.29) is 35.1 Å². The summed E-state index contributed by atoms with van der Waals surface area (Å²) in [4.78, 5) is 11.6. The third kappa shape index (κ3) is 4.56. The van der Waals surface area contributed by atoms with Crippen molar-refractivity contribution in [2.24, 2.45) is 0 Å². The lowest BCUT2D eigenvalue weighted by Gasteiger charge is -2.33. The molecule has 0 bridgehead atoms. The maximum absolute atomic E-state index is 12.1. The van der Waals surface area contributed by atoms with Crippen molar-refractivity contribution in [1.29, 1.82) is 0 Å². The highest BCUT2D eigenvalue weighted by atomic mass is 28.4. The first-order valence-electron chi connectivity index (χ1n) is 11.3. The average molecular weight is 502 g/mol. The molecule has 36 heavy (non-hydrogen) atoms. The second kappa shape index (κ2) is 11.1. The Hall–Kier alpha value is -4.14. The first-order valence-corrected chi connectivity index (χ1v) is 13.2. The lowest BCUT2D eigenvalue weighted by Crippen LogP contribution is -2.69. The molecule has 0 amide bonds. The Balaban J connectivity index is 1.95. The van der Waals surface area contributed by atoms with E-state index in [0.29, 0.717) is 0 Å². The highest BCUT2D eigenvalue weighted by Crippen LogP contribution is 2.45. The Morgan fingerprint density at radius 2 is 1.14 bits per heavy atom. The van der Waals surface area contributed by atoms with Gasteiger partial charge >= 0.3 is 0 Å². The van der Waals surface area contributed by atoms with Crippen LogP contribution in [0, 0.1) is 10.1 Å². The molecule has 4 rings (SSSR count). The van der Waals surface area contributed by atoms with Crippen LogP contribution in [0.25, 0.3) is 0 Å². The van der Waals surface area contributed by atoms with Crippen LogP contribution in [0.1, 0.15) is 5.56 Å². The largest absolute Gasteiger partial charge is 0.492 e. The van der Waals surface area contributed by atoms with Crippen molar-refractivity contribution in [3.8, 4) is 17.2 Å². The van der Waals surface area contributed by atoms with Gasteiger partial charge in [0.15, 0.2) is 11.5 Å². The third-order valence-electron chi connectivity index (χ3n) is 6.08. The summed E-state index contributed by atoms with van der Waals surface area (Å²) in [6.07, 6.45) is 0. The Bertz CT molecular complexity index is 1220. The molecule has 0 saturated carbocycles. The maximum atomic E-state index is 12.1. The van der Waals surface area contributed by atoms with Crippen molar-refractivity contribution in [3.05, 3.63) is 113 Å². The zero-order chi connectivity index (χ0) is 25.5. The van der Waals surface area contributed by atoms with Crippen molar-refractivity contribution in [1.82, 2.24) is 0 Å². The fraction of sp³-hybridized carbons (Fsp3) is 0.143. The number of methoxy groups -OCH3 is 3. The van der Waals surface area contributed by atoms with E-state index < -0.39 is 13.2 Å². The molecular weight excluding hydrogens is 474 g/mol. The Kier molecular flexibility index (Phi) is 7.67. The third-order valence-corrected chi connectivity index (χ3v) is 10.1. The SMILES string of the molecule is COc1cc([N+](=O)[O-])c(CO[Si](c2ccccc2)(c2ccccc2)c2ccccc2)c(OC)c1OC. The van der Waals surface area contributed by atoms with E-state index in [4.69, 9.17) is 18.6 Å². The zero-order valence-electron chi connectivity index (χ0n) is 20.3. The molecule has 0 aliphatic carbocycles. The lowest BCUT2D eigenvalue weighted by molar-refractivity contribution is -0.386. The van der Waals surface area contributed by atoms with E-state index in [1.807, 2.05) is 91.0 Å². The predicted molar refractivity (Wildman–Crippen MR) is 142 cm³/mol. The maximum Gasteiger partial charge on any atom is 0.288 e. The molecule has 4 aromatic carbocycles. The van der Waals surface area contributed by atoms with Crippen LogP contribution < -0.4 is 29.8 Å². The second-order valence-corrected chi connectivity index (χ2v) is 11.4. The molecule has 0 heterocycles. The van der Waals surface area contributed by atoms with E-state index in [0.717, 1.165) is 15.6 Å². The quantitative estimate of drug-likeness (QED) is 0.142. The highest BCUT2D eigenvalue weighted by Gasteiger charge is 2.43. The van der Waals surface area contributed by atoms with E-state index in [9.17, 15) is 10.1 Å². The van der Waals surface area contributed by atoms with Crippen molar-refractivity contribution >= 4 is 29.6 Å². The van der Waals surface area contributed by atoms with Gasteiger partial charge in [-0.25, -0.2) is 0 Å². The summed E-state index contributed by atoms with van der Waals surface area (Å²) in [7, 11) is 1.24. The van der Waals surface area contributed by atoms with Gasteiger partial charge in [-0.1, -0.05) is 91.0 Å². The Morgan fingerprint density at radius 1 is 0.694 bits per heavy atom. The smallest absolute Gasteiger partial charge is 0.288 e. The van der Waals surface area contributed by atoms with Crippen LogP contribution in [0.4, 0.5) is 5.69 Å². The molecular formula is C28H27NO6Si. The van der Waals surface area contributed by atoms with Crippen LogP contribution in [0.5, 0.6) is 17.2 Å². The summed E-state index contributed by atoms with van der Waals surface area (Å²) in [6.45, 7) is -0.0786. The van der Waals surface area contributed by atoms with E-state index in [2.05, 4.69) is 0 Å². The molecule has 0 atom stereocenters. The fourth-order valence-corrected chi connectivity index (χ4v) is 8.30. The van der Waals surface area contributed by atoms with Crippen molar-refractivity contribution in [2.45, 2.75) is 6.61 Å². The first-order chi connectivity index (χ1) is 17.6. The summed E-state index contributed by atoms with van der Waals surface area (Å²) in [5.41, 5.74) is 0.112. The van der Waals surface area contributed by atoms with Gasteiger partial charge in [0.1, 0.15) is 5.56 Å². The van der Waals surface area contributed by atoms with Gasteiger partial charge < -0.3 is 18.6 Å². The molecule has 0 spiro atoms. The van der Waals surface area contributed by atoms with Crippen LogP contribution >= 0.6 is 0 Å². The number of nitro groups is 1. The predicted octanol–water partition coefficient (Wildman–Crippen LogP) is 3.80. The Morgan fingerprint density at radius 3 is 1.50 bits per heavy atom. The van der Waals surface area contributed by atoms with E-state index in [1.54, 1.807) is 0 Å². The Labute approximate surface area is 211 Å². The molecule has 8 heteroatoms. The van der Waals surface area contributed by atoms with Crippen LogP contribution in [0.3, 0.4) is 0 Å². The molecule has 0 aliphatic heterocycles. The minimum atomic E-state index is -3.10. The average Bonchev–Trinajstić information content (AvgIpc) is 2.94. The van der Waals surface area contributed by atoms with Crippen LogP contribution in [0.15, 0.2) is 97.1 Å². The van der Waals surface area contributed by atoms with Gasteiger partial charge in [0.2, 0.25) is 5.75 Å². The summed E-state index contributed by atoms with van der Waals surface area (Å²) < 4.78 is 23.4. The van der Waals surface area contributed by atoms with Crippen molar-refractivity contribution in [3.63, 3.8) is 0 Å². The number of benzene rings is 4. The van der Waals surface area contributed by atoms with E-state index in [1.165, 1.54) is 27.4 Å². The van der Waals surface area contributed by atoms with Crippen LogP contribution in [-0.2, 0) is 11.0 Å². The van der Waals surface area contributed by atoms with Gasteiger partial charge in [0.25, 0.3) is 14.0 Å². The minimum Gasteiger partial charge on any atom is -0.492 e. The lowest BCUT2D eigenvalue weighted by atomic mass is 10.1. The number of hydrogen-bond acceptors (Lipinski definition) is 6. The molecule has 0 N–H and O–H groups in total. The summed E-state index contributed by atoms with van der Waals surface area (Å²) in [5, 5.41) is 15.2. The van der Waals surface area contributed by atoms with Crippen molar-refractivity contribution < 1.29 is 23.6 Å². The topological polar surface area (TPSA) is 80.1 Å². The minimum absolute atomic E-state index is 0.0786. The van der Waals surface area contributed by atoms with E-state index >= 15 is 0 Å². The second-order valence-electron chi connectivity index (χ2n) is 7.97. The molecule has 0 fully saturated rings. The van der Waals surface area contributed by atoms with Gasteiger partial charge in [-0.3, -0.25) is 10.1 Å². The summed E-state index contributed by atoms with van der Waals surface area (Å²) >= 11 is 0. The molecule has 7 nitrogen and oxygen atoms in total. The van der Waals surface area contributed by atoms with Gasteiger partial charge in [-0.15, -0.1) is 0 Å². The highest BCUT2D eigenvalue weighted by molar-refractivity contribution is 7.07. The van der Waals surface area contributed by atoms with Crippen LogP contribution in [-0.4, -0.2) is 34.6 Å². The molecule has 0 unspecified atom stereocenters. The molecule has 184 valence electrons. The zero-order valence-corrected chi connectivity index (χ0v) is 21.3. The van der Waals surface area contributed by atoms with Crippen LogP contribution in [0.2, 0.25) is 0 Å². The van der Waals surface area contributed by atoms with Gasteiger partial charge in [-0.05, 0) is 15.6 Å². The van der Waals surface area contributed by atoms with Crippen molar-refractivity contribution in [2.75, 3.05) is 21.3 Å². The molecule has 0 saturated heterocycles. The molecule has 0 aromatic heterocycles. The summed E-state index contributed by atoms with van der Waals surface area (Å²) in [6, 6.07) is 31.4. The molecule has 0 radical (unpaired) electrons. The van der Waals surface area contributed by atoms with Gasteiger partial charge in [0, 0.05) is 0 Å². The normalized spacial score (nSPS) is 11.1. The van der Waals surface area contributed by atoms with Gasteiger partial charge in [0.05, 0.1) is 38.9 Å². The molecule has 4 aromatic rings. The standard InChI is InChI=1S/C28H27NO6Si/c1-32-26-19-25(29(30)31)24(27(33-2)28(26)34-3)20-35-36(21-13-7-4-8-14-21,22-15-9-5-10-16-22)23-17-11-6-12-18-23/h4-19H,20H2,1-3H3. The number of nitrogens with zero attached hydrogens (tertiary/aromatic N) is 1. The number of rotatable bonds is 10. The monoisotopic (exact) mass is 501 g/mol. The van der Waals surface area contributed by atoms with Gasteiger partial charge in [-0.2, -0.15) is 0 Å². The number of hydrogen-bond donors (Lipinski definition) is 0. The summed E-state index contributed by atoms with van der Waals surface area (Å²) in [5.74, 6) is 0.693. The number of nitro benzene ring substituents is 1. The fourth-order valence-electron chi connectivity index (χ4n) is 4.45. The number of ether oxygens (including phenoxy) is 3.